The number of imidazole rings is 1. The van der Waals surface area contributed by atoms with Crippen LogP contribution in [-0.2, 0) is 27.3 Å². The van der Waals surface area contributed by atoms with Crippen LogP contribution in [0.4, 0.5) is 19.0 Å². The summed E-state index contributed by atoms with van der Waals surface area (Å²) in [6.45, 7) is -0.835. The lowest BCUT2D eigenvalue weighted by Crippen LogP contribution is -2.35. The van der Waals surface area contributed by atoms with E-state index in [-0.39, 0.29) is 22.1 Å². The number of fused-ring (bicyclic) bond motifs is 1. The maximum Gasteiger partial charge on any atom is 0.389 e. The average molecular weight is 772 g/mol. The van der Waals surface area contributed by atoms with Crippen molar-refractivity contribution in [3.63, 3.8) is 0 Å². The molecular formula is C17H21Cl2F3N5O12P3S2-4. The number of aromatic nitrogens is 4. The highest BCUT2D eigenvalue weighted by atomic mass is 35.5. The number of halogens is 5. The van der Waals surface area contributed by atoms with Crippen LogP contribution < -0.4 is 24.9 Å². The molecule has 0 spiro atoms. The van der Waals surface area contributed by atoms with Crippen LogP contribution in [0.1, 0.15) is 12.6 Å². The third kappa shape index (κ3) is 9.21. The molecule has 3 rings (SSSR count). The van der Waals surface area contributed by atoms with E-state index < -0.39 is 76.3 Å². The van der Waals surface area contributed by atoms with Crippen molar-refractivity contribution in [3.8, 4) is 0 Å². The Bertz CT molecular complexity index is 1470. The molecule has 0 radical (unpaired) electrons. The number of rotatable bonds is 15. The number of alkyl halides is 5. The molecule has 0 bridgehead atoms. The summed E-state index contributed by atoms with van der Waals surface area (Å²) in [6, 6.07) is 0. The summed E-state index contributed by atoms with van der Waals surface area (Å²) in [5, 5.41) is 24.0. The third-order valence-corrected chi connectivity index (χ3v) is 14.3. The number of thioether (sulfide) groups is 2. The van der Waals surface area contributed by atoms with Crippen molar-refractivity contribution in [2.75, 3.05) is 36.2 Å². The van der Waals surface area contributed by atoms with E-state index in [2.05, 4.69) is 29.1 Å². The van der Waals surface area contributed by atoms with Crippen LogP contribution in [0, 0.1) is 0 Å². The molecule has 1 fully saturated rings. The summed E-state index contributed by atoms with van der Waals surface area (Å²) < 4.78 is 83.4. The predicted octanol–water partition coefficient (Wildman–Crippen LogP) is 0.322. The molecular weight excluding hydrogens is 751 g/mol. The lowest BCUT2D eigenvalue weighted by Gasteiger charge is -2.47. The fourth-order valence-electron chi connectivity index (χ4n) is 3.42. The highest BCUT2D eigenvalue weighted by Crippen LogP contribution is 2.74. The van der Waals surface area contributed by atoms with E-state index in [1.165, 1.54) is 11.8 Å². The zero-order chi connectivity index (χ0) is 33.3. The van der Waals surface area contributed by atoms with Crippen LogP contribution in [0.5, 0.6) is 0 Å². The zero-order valence-electron chi connectivity index (χ0n) is 21.7. The predicted molar refractivity (Wildman–Crippen MR) is 144 cm³/mol. The maximum atomic E-state index is 12.7. The number of hydrogen-bond donors (Lipinski definition) is 3. The quantitative estimate of drug-likeness (QED) is 0.0723. The molecule has 3 N–H and O–H groups in total. The standard InChI is InChI=1S/C17H25Cl2F3N5O12P3S2/c1-43-5-3-23-12-9-13(26-15(25-12)44-4-2-16(20,21)22)27(7-24-9)14-11(29)10(28)8(38-14)6-37-42(35,36)39-41(33,34)17(18,19)40(30,31)32/h7-8,10-11,14,28-29H,2-6H2,1H3,(H,33,34)(H,35,36)(H,23,25,26)(H2,30,31,32)/p-4/t8-,10?,11+,14-/m1/s1. The van der Waals surface area contributed by atoms with Gasteiger partial charge in [-0.2, -0.15) is 24.9 Å². The molecule has 252 valence electrons. The minimum absolute atomic E-state index is 0.0516. The van der Waals surface area contributed by atoms with Gasteiger partial charge in [-0.05, 0) is 13.9 Å². The van der Waals surface area contributed by atoms with Gasteiger partial charge >= 0.3 is 6.18 Å². The highest BCUT2D eigenvalue weighted by Gasteiger charge is 2.47. The lowest BCUT2D eigenvalue weighted by molar-refractivity contribution is -0.315. The normalized spacial score (nSPS) is 24.4. The van der Waals surface area contributed by atoms with Crippen LogP contribution in [0.25, 0.3) is 11.2 Å². The first-order valence-corrected chi connectivity index (χ1v) is 19.3. The average Bonchev–Trinajstić information content (AvgIpc) is 3.41. The van der Waals surface area contributed by atoms with Gasteiger partial charge in [0.1, 0.15) is 18.3 Å². The molecule has 0 saturated carbocycles. The van der Waals surface area contributed by atoms with Crippen molar-refractivity contribution < 1.29 is 70.2 Å². The summed E-state index contributed by atoms with van der Waals surface area (Å²) in [6.07, 6.45) is -9.61. The van der Waals surface area contributed by atoms with E-state index in [1.807, 2.05) is 6.26 Å². The number of nitrogens with one attached hydrogen (secondary N) is 1. The number of phosphoric acid groups is 1. The van der Waals surface area contributed by atoms with Crippen molar-refractivity contribution >= 4 is 86.7 Å². The van der Waals surface area contributed by atoms with Crippen molar-refractivity contribution in [3.05, 3.63) is 6.33 Å². The van der Waals surface area contributed by atoms with Crippen LogP contribution in [0.2, 0.25) is 0 Å². The molecule has 1 aliphatic heterocycles. The van der Waals surface area contributed by atoms with Gasteiger partial charge in [-0.15, -0.1) is 0 Å². The molecule has 0 aliphatic carbocycles. The van der Waals surface area contributed by atoms with Crippen LogP contribution in [0.3, 0.4) is 0 Å². The summed E-state index contributed by atoms with van der Waals surface area (Å²) in [5.41, 5.74) is 0.0592. The summed E-state index contributed by atoms with van der Waals surface area (Å²) in [5.74, 6) is 0.351. The van der Waals surface area contributed by atoms with E-state index in [1.54, 1.807) is 0 Å². The van der Waals surface area contributed by atoms with Crippen molar-refractivity contribution in [1.29, 1.82) is 0 Å². The largest absolute Gasteiger partial charge is 0.808 e. The van der Waals surface area contributed by atoms with Gasteiger partial charge in [-0.1, -0.05) is 35.0 Å². The van der Waals surface area contributed by atoms with Gasteiger partial charge in [0.2, 0.25) is 3.82 Å². The Hall–Kier alpha value is -0.250. The van der Waals surface area contributed by atoms with Crippen LogP contribution in [0.15, 0.2) is 11.5 Å². The number of ether oxygens (including phenoxy) is 1. The first-order chi connectivity index (χ1) is 20.1. The van der Waals surface area contributed by atoms with E-state index in [0.717, 1.165) is 10.9 Å². The number of aliphatic hydroxyl groups is 2. The summed E-state index contributed by atoms with van der Waals surface area (Å²) >= 11 is 12.2. The lowest BCUT2D eigenvalue weighted by atomic mass is 10.1. The SMILES string of the molecule is CSCCNc1nc(SCCC(F)(F)F)nc2c1ncn2[C@@H]1O[C@H](COP(=O)([O-])OP(=O)([O-])C(Cl)(Cl)P(=O)([O-])[O-])C(O)[C@@H]1O. The Morgan fingerprint density at radius 1 is 1.14 bits per heavy atom. The molecule has 0 aromatic carbocycles. The third-order valence-electron chi connectivity index (χ3n) is 5.49. The smallest absolute Gasteiger partial charge is 0.389 e. The van der Waals surface area contributed by atoms with Crippen LogP contribution in [-0.4, -0.2) is 88.9 Å². The Morgan fingerprint density at radius 3 is 2.39 bits per heavy atom. The van der Waals surface area contributed by atoms with Gasteiger partial charge in [0.05, 0.1) is 19.4 Å². The minimum Gasteiger partial charge on any atom is -0.808 e. The van der Waals surface area contributed by atoms with Crippen LogP contribution >= 0.6 is 69.7 Å². The van der Waals surface area contributed by atoms with Gasteiger partial charge in [0.25, 0.3) is 7.82 Å². The molecule has 27 heteroatoms. The molecule has 1 saturated heterocycles. The number of phosphoric ester groups is 1. The fourth-order valence-corrected chi connectivity index (χ4v) is 8.59. The fraction of sp³-hybridized carbons (Fsp3) is 0.706. The second-order valence-corrected chi connectivity index (χ2v) is 18.6. The molecule has 1 aliphatic rings. The minimum atomic E-state index is -6.40. The van der Waals surface area contributed by atoms with Gasteiger partial charge in [-0.3, -0.25) is 13.4 Å². The molecule has 2 aromatic heterocycles. The summed E-state index contributed by atoms with van der Waals surface area (Å²) in [7, 11) is -18.8. The Kier molecular flexibility index (Phi) is 12.6. The highest BCUT2D eigenvalue weighted by molar-refractivity contribution is 7.99. The molecule has 0 amide bonds. The molecule has 3 unspecified atom stereocenters. The van der Waals surface area contributed by atoms with E-state index in [9.17, 15) is 56.7 Å². The van der Waals surface area contributed by atoms with Gasteiger partial charge < -0.3 is 53.5 Å². The van der Waals surface area contributed by atoms with Crippen molar-refractivity contribution in [2.24, 2.45) is 0 Å². The van der Waals surface area contributed by atoms with Crippen molar-refractivity contribution in [2.45, 2.75) is 46.1 Å². The second-order valence-electron chi connectivity index (χ2n) is 8.69. The van der Waals surface area contributed by atoms with E-state index >= 15 is 0 Å². The van der Waals surface area contributed by atoms with E-state index in [0.29, 0.717) is 24.1 Å². The molecule has 6 atom stereocenters. The maximum absolute atomic E-state index is 12.7. The van der Waals surface area contributed by atoms with Gasteiger partial charge in [0.15, 0.2) is 36.0 Å². The number of hydrogen-bond acceptors (Lipinski definition) is 18. The number of aliphatic hydroxyl groups excluding tert-OH is 2. The molecule has 2 aromatic rings. The van der Waals surface area contributed by atoms with E-state index in [4.69, 9.17) is 27.9 Å². The first kappa shape index (κ1) is 38.2. The number of anilines is 1. The Balaban J connectivity index is 1.82. The first-order valence-electron chi connectivity index (χ1n) is 11.7. The number of nitrogens with zero attached hydrogens (tertiary/aromatic N) is 4. The Labute approximate surface area is 264 Å². The zero-order valence-corrected chi connectivity index (χ0v) is 27.6. The molecule has 3 heterocycles. The molecule has 44 heavy (non-hydrogen) atoms. The van der Waals surface area contributed by atoms with Gasteiger partial charge in [0, 0.05) is 18.1 Å². The molecule has 17 nitrogen and oxygen atoms in total. The van der Waals surface area contributed by atoms with Gasteiger partial charge in [-0.25, -0.2) is 15.0 Å². The Morgan fingerprint density at radius 2 is 1.80 bits per heavy atom. The monoisotopic (exact) mass is 771 g/mol. The second kappa shape index (κ2) is 14.5. The summed E-state index contributed by atoms with van der Waals surface area (Å²) in [4.78, 5) is 58.6. The van der Waals surface area contributed by atoms with Crippen molar-refractivity contribution in [1.82, 2.24) is 19.5 Å². The topological polar surface area (TPSA) is 267 Å².